The van der Waals surface area contributed by atoms with Crippen LogP contribution in [0.15, 0.2) is 146 Å². The minimum absolute atomic E-state index is 0.862. The first kappa shape index (κ1) is 36.2. The second kappa shape index (κ2) is 14.7. The van der Waals surface area contributed by atoms with Gasteiger partial charge < -0.3 is 9.97 Å². The number of nitrogens with zero attached hydrogens (tertiary/aromatic N) is 5. The van der Waals surface area contributed by atoms with Crippen molar-refractivity contribution in [3.63, 3.8) is 0 Å². The molecule has 2 N–H and O–H groups in total. The molecule has 11 rings (SSSR count). The molecule has 7 heteroatoms. The van der Waals surface area contributed by atoms with Crippen LogP contribution >= 0.6 is 0 Å². The van der Waals surface area contributed by atoms with Crippen LogP contribution in [0.5, 0.6) is 0 Å². The van der Waals surface area contributed by atoms with Crippen molar-refractivity contribution in [2.45, 2.75) is 27.2 Å². The molecule has 61 heavy (non-hydrogen) atoms. The molecule has 0 saturated heterocycles. The molecule has 0 fully saturated rings. The van der Waals surface area contributed by atoms with E-state index in [-0.39, 0.29) is 0 Å². The fraction of sp³-hybridized carbons (Fsp3) is 0.0741. The Morgan fingerprint density at radius 3 is 1.20 bits per heavy atom. The van der Waals surface area contributed by atoms with Gasteiger partial charge in [0.1, 0.15) is 5.69 Å². The summed E-state index contributed by atoms with van der Waals surface area (Å²) in [5.74, 6) is 0. The second-order valence-electron chi connectivity index (χ2n) is 16.0. The molecule has 0 radical (unpaired) electrons. The summed E-state index contributed by atoms with van der Waals surface area (Å²) in [6, 6.07) is 43.3. The number of rotatable bonds is 6. The number of hydrogen-bond acceptors (Lipinski definition) is 4. The third kappa shape index (κ3) is 6.66. The van der Waals surface area contributed by atoms with Gasteiger partial charge in [-0.05, 0) is 116 Å². The van der Waals surface area contributed by atoms with Crippen LogP contribution in [0.4, 0.5) is 0 Å². The van der Waals surface area contributed by atoms with Crippen LogP contribution in [-0.2, 0) is 0 Å². The SMILES string of the molecule is Cc1ccc(-c2c3nc(c(-c4ccc(C)cc4)c4ccc([nH]4)c(-c4ccc(-n5cc(C6=CC=CC6)nn5)cc4)c4nc(c(-c5ccc(C)cc5)c5ccc2[nH]5)C=C4)C=C3)cc1. The molecule has 0 unspecified atom stereocenters. The molecule has 0 saturated carbocycles. The van der Waals surface area contributed by atoms with Crippen LogP contribution < -0.4 is 0 Å². The van der Waals surface area contributed by atoms with E-state index < -0.39 is 0 Å². The van der Waals surface area contributed by atoms with Gasteiger partial charge in [-0.1, -0.05) is 125 Å². The van der Waals surface area contributed by atoms with Crippen molar-refractivity contribution in [2.75, 3.05) is 0 Å². The number of aromatic nitrogens is 7. The summed E-state index contributed by atoms with van der Waals surface area (Å²) in [6.45, 7) is 6.36. The number of fused-ring (bicyclic) bond motifs is 8. The standard InChI is InChI=1S/C54H41N7/c1-33-8-14-37(15-9-33)51-42-24-26-44(55-42)52(38-16-10-34(2)11-17-38)46-28-30-48(57-46)54(40-20-22-41(23-21-40)61-32-50(59-60-61)36-6-4-5-7-36)49-31-29-47(58-49)53(45-27-25-43(51)56-45)39-18-12-35(3)13-19-39/h4-6,8-32,55,58H,7H2,1-3H3. The highest BCUT2D eigenvalue weighted by Crippen LogP contribution is 2.39. The number of H-pyrrole nitrogens is 2. The second-order valence-corrected chi connectivity index (χ2v) is 16.0. The predicted octanol–water partition coefficient (Wildman–Crippen LogP) is 13.2. The number of aromatic amines is 2. The maximum absolute atomic E-state index is 5.48. The van der Waals surface area contributed by atoms with Crippen LogP contribution in [0.25, 0.3) is 102 Å². The molecular weight excluding hydrogens is 747 g/mol. The Labute approximate surface area is 353 Å². The Kier molecular flexibility index (Phi) is 8.74. The minimum Gasteiger partial charge on any atom is -0.354 e. The average Bonchev–Trinajstić information content (AvgIpc) is 4.13. The molecular formula is C54H41N7. The van der Waals surface area contributed by atoms with Crippen molar-refractivity contribution in [1.82, 2.24) is 34.9 Å². The highest BCUT2D eigenvalue weighted by Gasteiger charge is 2.19. The van der Waals surface area contributed by atoms with E-state index in [0.717, 1.165) is 107 Å². The van der Waals surface area contributed by atoms with E-state index in [2.05, 4.69) is 205 Å². The summed E-state index contributed by atoms with van der Waals surface area (Å²) >= 11 is 0. The van der Waals surface area contributed by atoms with Gasteiger partial charge in [-0.15, -0.1) is 5.10 Å². The molecule has 8 bridgehead atoms. The summed E-state index contributed by atoms with van der Waals surface area (Å²) in [4.78, 5) is 18.7. The molecule has 292 valence electrons. The quantitative estimate of drug-likeness (QED) is 0.176. The number of benzene rings is 4. The largest absolute Gasteiger partial charge is 0.354 e. The molecule has 6 heterocycles. The van der Waals surface area contributed by atoms with E-state index in [0.29, 0.717) is 0 Å². The molecule has 0 amide bonds. The molecule has 0 atom stereocenters. The summed E-state index contributed by atoms with van der Waals surface area (Å²) in [6.07, 6.45) is 17.7. The number of nitrogens with one attached hydrogen (secondary N) is 2. The molecule has 2 aliphatic heterocycles. The first-order valence-corrected chi connectivity index (χ1v) is 20.7. The van der Waals surface area contributed by atoms with Gasteiger partial charge in [0.05, 0.1) is 34.7 Å². The summed E-state index contributed by atoms with van der Waals surface area (Å²) in [5.41, 5.74) is 22.3. The third-order valence-corrected chi connectivity index (χ3v) is 11.8. The molecule has 3 aliphatic rings. The predicted molar refractivity (Wildman–Crippen MR) is 251 cm³/mol. The fourth-order valence-electron chi connectivity index (χ4n) is 8.54. The van der Waals surface area contributed by atoms with E-state index >= 15 is 0 Å². The van der Waals surface area contributed by atoms with E-state index in [4.69, 9.17) is 9.97 Å². The fourth-order valence-corrected chi connectivity index (χ4v) is 8.54. The van der Waals surface area contributed by atoms with Crippen LogP contribution in [0.1, 0.15) is 51.6 Å². The Morgan fingerprint density at radius 2 is 0.836 bits per heavy atom. The van der Waals surface area contributed by atoms with Gasteiger partial charge >= 0.3 is 0 Å². The van der Waals surface area contributed by atoms with Crippen molar-refractivity contribution in [1.29, 1.82) is 0 Å². The van der Waals surface area contributed by atoms with E-state index in [1.165, 1.54) is 22.3 Å². The first-order chi connectivity index (χ1) is 29.9. The smallest absolute Gasteiger partial charge is 0.109 e. The van der Waals surface area contributed by atoms with E-state index in [1.807, 2.05) is 10.9 Å². The van der Waals surface area contributed by atoms with Gasteiger partial charge in [-0.25, -0.2) is 14.6 Å². The van der Waals surface area contributed by atoms with Gasteiger partial charge in [0.15, 0.2) is 0 Å². The van der Waals surface area contributed by atoms with Crippen molar-refractivity contribution in [3.05, 3.63) is 191 Å². The van der Waals surface area contributed by atoms with Crippen molar-refractivity contribution >= 4 is 51.9 Å². The van der Waals surface area contributed by atoms with E-state index in [1.54, 1.807) is 0 Å². The van der Waals surface area contributed by atoms with Gasteiger partial charge in [-0.3, -0.25) is 0 Å². The van der Waals surface area contributed by atoms with Crippen LogP contribution in [0.3, 0.4) is 0 Å². The van der Waals surface area contributed by atoms with Crippen LogP contribution in [0, 0.1) is 20.8 Å². The lowest BCUT2D eigenvalue weighted by molar-refractivity contribution is 0.802. The zero-order valence-electron chi connectivity index (χ0n) is 34.1. The topological polar surface area (TPSA) is 88.1 Å². The third-order valence-electron chi connectivity index (χ3n) is 11.8. The van der Waals surface area contributed by atoms with Crippen molar-refractivity contribution < 1.29 is 0 Å². The summed E-state index contributed by atoms with van der Waals surface area (Å²) in [7, 11) is 0. The Balaban J connectivity index is 1.21. The zero-order valence-corrected chi connectivity index (χ0v) is 34.1. The van der Waals surface area contributed by atoms with Crippen molar-refractivity contribution in [3.8, 4) is 50.2 Å². The lowest BCUT2D eigenvalue weighted by Gasteiger charge is -2.08. The summed E-state index contributed by atoms with van der Waals surface area (Å²) < 4.78 is 1.84. The lowest BCUT2D eigenvalue weighted by Crippen LogP contribution is -1.95. The summed E-state index contributed by atoms with van der Waals surface area (Å²) in [5, 5.41) is 8.95. The maximum atomic E-state index is 5.48. The first-order valence-electron chi connectivity index (χ1n) is 20.7. The highest BCUT2D eigenvalue weighted by molar-refractivity contribution is 6.00. The number of aryl methyl sites for hydroxylation is 3. The Morgan fingerprint density at radius 1 is 0.459 bits per heavy atom. The Hall–Kier alpha value is -7.90. The molecule has 7 nitrogen and oxygen atoms in total. The van der Waals surface area contributed by atoms with E-state index in [9.17, 15) is 0 Å². The van der Waals surface area contributed by atoms with Gasteiger partial charge in [-0.2, -0.15) is 0 Å². The molecule has 1 aliphatic carbocycles. The number of allylic oxidation sites excluding steroid dienone is 4. The van der Waals surface area contributed by atoms with Crippen LogP contribution in [0.2, 0.25) is 0 Å². The lowest BCUT2D eigenvalue weighted by atomic mass is 10.0. The average molecular weight is 788 g/mol. The Bertz CT molecular complexity index is 3270. The molecule has 8 aromatic rings. The normalized spacial score (nSPS) is 13.0. The van der Waals surface area contributed by atoms with Crippen molar-refractivity contribution in [2.24, 2.45) is 0 Å². The number of hydrogen-bond donors (Lipinski definition) is 2. The molecule has 4 aromatic heterocycles. The maximum Gasteiger partial charge on any atom is 0.109 e. The monoisotopic (exact) mass is 787 g/mol. The zero-order chi connectivity index (χ0) is 41.0. The minimum atomic E-state index is 0.862. The highest BCUT2D eigenvalue weighted by atomic mass is 15.4. The van der Waals surface area contributed by atoms with Gasteiger partial charge in [0, 0.05) is 44.3 Å². The van der Waals surface area contributed by atoms with Gasteiger partial charge in [0.25, 0.3) is 0 Å². The van der Waals surface area contributed by atoms with Gasteiger partial charge in [0.2, 0.25) is 0 Å². The molecule has 0 spiro atoms. The molecule has 4 aromatic carbocycles. The van der Waals surface area contributed by atoms with Crippen LogP contribution in [-0.4, -0.2) is 34.9 Å².